The number of carbonyl (C=O) groups excluding carboxylic acids is 1. The smallest absolute Gasteiger partial charge is 0.260 e. The number of nitrogens with zero attached hydrogens (tertiary/aromatic N) is 2. The molecule has 0 saturated heterocycles. The van der Waals surface area contributed by atoms with Gasteiger partial charge in [-0.15, -0.1) is 11.3 Å². The maximum atomic E-state index is 13.2. The second kappa shape index (κ2) is 11.2. The monoisotopic (exact) mass is 582 g/mol. The molecule has 0 saturated carbocycles. The molecule has 204 valence electrons. The summed E-state index contributed by atoms with van der Waals surface area (Å²) >= 11 is 2.63. The molecule has 1 amide bonds. The normalized spacial score (nSPS) is 14.4. The van der Waals surface area contributed by atoms with E-state index in [0.717, 1.165) is 28.3 Å². The van der Waals surface area contributed by atoms with Gasteiger partial charge in [-0.1, -0.05) is 36.9 Å². The van der Waals surface area contributed by atoms with E-state index < -0.39 is 15.3 Å². The van der Waals surface area contributed by atoms with Gasteiger partial charge in [0.15, 0.2) is 5.16 Å². The number of rotatable bonds is 8. The molecule has 2 heterocycles. The number of aromatic amines is 1. The van der Waals surface area contributed by atoms with E-state index in [1.165, 1.54) is 73.3 Å². The molecule has 1 unspecified atom stereocenters. The lowest BCUT2D eigenvalue weighted by Gasteiger charge is -2.16. The minimum atomic E-state index is -3.55. The third-order valence-electron chi connectivity index (χ3n) is 6.90. The summed E-state index contributed by atoms with van der Waals surface area (Å²) in [6.07, 6.45) is 5.11. The number of anilines is 1. The van der Waals surface area contributed by atoms with Crippen molar-refractivity contribution in [2.75, 3.05) is 19.4 Å². The molecule has 1 aliphatic carbocycles. The molecule has 1 atom stereocenters. The maximum Gasteiger partial charge on any atom is 0.260 e. The lowest BCUT2D eigenvalue weighted by atomic mass is 9.89. The first-order valence-corrected chi connectivity index (χ1v) is 16.0. The number of nitrogens with one attached hydrogen (secondary N) is 2. The van der Waals surface area contributed by atoms with E-state index in [0.29, 0.717) is 27.5 Å². The van der Waals surface area contributed by atoms with Crippen molar-refractivity contribution < 1.29 is 13.2 Å². The van der Waals surface area contributed by atoms with E-state index in [9.17, 15) is 18.0 Å². The van der Waals surface area contributed by atoms with Crippen molar-refractivity contribution in [1.82, 2.24) is 14.3 Å². The van der Waals surface area contributed by atoms with E-state index >= 15 is 0 Å². The van der Waals surface area contributed by atoms with Crippen LogP contribution in [0.3, 0.4) is 0 Å². The van der Waals surface area contributed by atoms with Crippen LogP contribution < -0.4 is 10.9 Å². The van der Waals surface area contributed by atoms with Gasteiger partial charge in [-0.3, -0.25) is 9.59 Å². The van der Waals surface area contributed by atoms with Crippen LogP contribution in [0.5, 0.6) is 0 Å². The molecular weight excluding hydrogens is 553 g/mol. The van der Waals surface area contributed by atoms with Gasteiger partial charge in [0, 0.05) is 30.7 Å². The average molecular weight is 583 g/mol. The van der Waals surface area contributed by atoms with Gasteiger partial charge in [-0.2, -0.15) is 0 Å². The van der Waals surface area contributed by atoms with Crippen molar-refractivity contribution in [3.8, 4) is 11.1 Å². The van der Waals surface area contributed by atoms with Crippen LogP contribution in [0.4, 0.5) is 5.69 Å². The van der Waals surface area contributed by atoms with Crippen LogP contribution in [0.15, 0.2) is 62.7 Å². The largest absolute Gasteiger partial charge is 0.325 e. The molecule has 39 heavy (non-hydrogen) atoms. The Morgan fingerprint density at radius 2 is 1.85 bits per heavy atom. The topological polar surface area (TPSA) is 112 Å². The lowest BCUT2D eigenvalue weighted by Crippen LogP contribution is -2.25. The summed E-state index contributed by atoms with van der Waals surface area (Å²) in [5.74, 6) is -0.255. The molecule has 0 aliphatic heterocycles. The number of thioether (sulfide) groups is 1. The number of sulfonamides is 1. The fourth-order valence-electron chi connectivity index (χ4n) is 4.70. The highest BCUT2D eigenvalue weighted by atomic mass is 32.2. The Hall–Kier alpha value is -2.99. The number of amides is 1. The van der Waals surface area contributed by atoms with Gasteiger partial charge < -0.3 is 10.3 Å². The first-order chi connectivity index (χ1) is 18.7. The highest BCUT2D eigenvalue weighted by Crippen LogP contribution is 2.34. The number of benzene rings is 2. The van der Waals surface area contributed by atoms with E-state index in [-0.39, 0.29) is 16.4 Å². The van der Waals surface area contributed by atoms with Gasteiger partial charge in [0.2, 0.25) is 15.9 Å². The molecule has 2 aromatic carbocycles. The Bertz CT molecular complexity index is 1690. The summed E-state index contributed by atoms with van der Waals surface area (Å²) in [5, 5.41) is 5.28. The quantitative estimate of drug-likeness (QED) is 0.216. The number of thiophene rings is 1. The van der Waals surface area contributed by atoms with E-state index in [1.54, 1.807) is 12.1 Å². The van der Waals surface area contributed by atoms with Gasteiger partial charge in [-0.05, 0) is 73.1 Å². The minimum absolute atomic E-state index is 0.146. The van der Waals surface area contributed by atoms with Crippen molar-refractivity contribution >= 4 is 54.9 Å². The summed E-state index contributed by atoms with van der Waals surface area (Å²) in [6.45, 7) is 1.89. The zero-order valence-electron chi connectivity index (χ0n) is 22.0. The number of carbonyl (C=O) groups is 1. The van der Waals surface area contributed by atoms with Gasteiger partial charge in [0.25, 0.3) is 5.56 Å². The van der Waals surface area contributed by atoms with Crippen LogP contribution in [0.1, 0.15) is 37.3 Å². The van der Waals surface area contributed by atoms with Crippen molar-refractivity contribution in [3.05, 3.63) is 69.3 Å². The summed E-state index contributed by atoms with van der Waals surface area (Å²) in [7, 11) is -0.617. The molecule has 0 radical (unpaired) electrons. The predicted molar refractivity (Wildman–Crippen MR) is 158 cm³/mol. The summed E-state index contributed by atoms with van der Waals surface area (Å²) in [6, 6.07) is 12.5. The molecule has 1 aliphatic rings. The highest BCUT2D eigenvalue weighted by Gasteiger charge is 2.22. The molecule has 5 rings (SSSR count). The van der Waals surface area contributed by atoms with Crippen LogP contribution in [0.25, 0.3) is 21.3 Å². The predicted octanol–water partition coefficient (Wildman–Crippen LogP) is 5.29. The molecule has 2 aromatic heterocycles. The van der Waals surface area contributed by atoms with E-state index in [1.807, 2.05) is 12.3 Å². The number of aryl methyl sites for hydroxylation is 2. The second-order valence-electron chi connectivity index (χ2n) is 9.71. The number of H-pyrrole nitrogens is 1. The molecule has 4 aromatic rings. The van der Waals surface area contributed by atoms with Crippen LogP contribution >= 0.6 is 23.1 Å². The average Bonchev–Trinajstić information content (AvgIpc) is 3.36. The van der Waals surface area contributed by atoms with Crippen molar-refractivity contribution in [2.45, 2.75) is 54.3 Å². The molecule has 8 nitrogen and oxygen atoms in total. The molecule has 0 fully saturated rings. The van der Waals surface area contributed by atoms with Crippen LogP contribution in [0, 0.1) is 0 Å². The fraction of sp³-hybridized carbons (Fsp3) is 0.321. The zero-order valence-corrected chi connectivity index (χ0v) is 24.4. The Kier molecular flexibility index (Phi) is 7.95. The Morgan fingerprint density at radius 3 is 2.54 bits per heavy atom. The highest BCUT2D eigenvalue weighted by molar-refractivity contribution is 8.00. The van der Waals surface area contributed by atoms with E-state index in [4.69, 9.17) is 0 Å². The second-order valence-corrected chi connectivity index (χ2v) is 13.9. The molecule has 11 heteroatoms. The third kappa shape index (κ3) is 5.67. The summed E-state index contributed by atoms with van der Waals surface area (Å²) in [4.78, 5) is 34.5. The standard InChI is InChI=1S/C28H30N4O4S3/c1-4-23(25(33)29-20-11-13-21(14-12-20)39(35,36)32(2)3)38-28-30-26(34)24-22(16-37-27(24)31-28)19-10-9-17-7-5-6-8-18(17)15-19/h9-16,23H,4-8H2,1-3H3,(H,29,33)(H,30,31,34). The number of hydrogen-bond donors (Lipinski definition) is 2. The third-order valence-corrected chi connectivity index (χ3v) is 10.8. The number of hydrogen-bond acceptors (Lipinski definition) is 7. The van der Waals surface area contributed by atoms with Gasteiger partial charge >= 0.3 is 0 Å². The van der Waals surface area contributed by atoms with Gasteiger partial charge in [0.05, 0.1) is 15.5 Å². The first-order valence-electron chi connectivity index (χ1n) is 12.8. The summed E-state index contributed by atoms with van der Waals surface area (Å²) < 4.78 is 25.7. The molecule has 2 N–H and O–H groups in total. The van der Waals surface area contributed by atoms with Gasteiger partial charge in [0.1, 0.15) is 4.83 Å². The Labute approximate surface area is 235 Å². The fourth-order valence-corrected chi connectivity index (χ4v) is 7.50. The summed E-state index contributed by atoms with van der Waals surface area (Å²) in [5.41, 5.74) is 4.95. The molecule has 0 spiro atoms. The van der Waals surface area contributed by atoms with Crippen molar-refractivity contribution in [3.63, 3.8) is 0 Å². The lowest BCUT2D eigenvalue weighted by molar-refractivity contribution is -0.115. The number of fused-ring (bicyclic) bond motifs is 2. The SMILES string of the molecule is CCC(Sc1nc2scc(-c3ccc4c(c3)CCCC4)c2c(=O)[nH]1)C(=O)Nc1ccc(S(=O)(=O)N(C)C)cc1. The first kappa shape index (κ1) is 27.6. The van der Waals surface area contributed by atoms with Crippen LogP contribution in [-0.2, 0) is 27.7 Å². The molecule has 0 bridgehead atoms. The Morgan fingerprint density at radius 1 is 1.13 bits per heavy atom. The maximum absolute atomic E-state index is 13.2. The van der Waals surface area contributed by atoms with Crippen LogP contribution in [0.2, 0.25) is 0 Å². The number of aromatic nitrogens is 2. The van der Waals surface area contributed by atoms with Gasteiger partial charge in [-0.25, -0.2) is 17.7 Å². The zero-order chi connectivity index (χ0) is 27.7. The van der Waals surface area contributed by atoms with E-state index in [2.05, 4.69) is 33.5 Å². The molecular formula is C28H30N4O4S3. The van der Waals surface area contributed by atoms with Crippen molar-refractivity contribution in [2.24, 2.45) is 0 Å². The van der Waals surface area contributed by atoms with Crippen molar-refractivity contribution in [1.29, 1.82) is 0 Å². The minimum Gasteiger partial charge on any atom is -0.325 e. The Balaban J connectivity index is 1.33. The van der Waals surface area contributed by atoms with Crippen LogP contribution in [-0.4, -0.2) is 47.9 Å².